The fraction of sp³-hybridized carbons (Fsp3) is 0.261. The number of fused-ring (bicyclic) bond motifs is 1. The molecule has 0 bridgehead atoms. The molecule has 0 saturated carbocycles. The van der Waals surface area contributed by atoms with E-state index >= 15 is 0 Å². The van der Waals surface area contributed by atoms with Crippen molar-refractivity contribution >= 4 is 45.3 Å². The number of carbonyl (C=O) groups is 2. The van der Waals surface area contributed by atoms with Gasteiger partial charge >= 0.3 is 12.0 Å². The number of thiazole rings is 1. The van der Waals surface area contributed by atoms with Crippen LogP contribution in [-0.2, 0) is 9.53 Å². The van der Waals surface area contributed by atoms with Crippen molar-refractivity contribution in [1.82, 2.24) is 15.6 Å². The summed E-state index contributed by atoms with van der Waals surface area (Å²) in [6, 6.07) is 13.1. The number of hydrogen-bond donors (Lipinski definition) is 2. The van der Waals surface area contributed by atoms with Gasteiger partial charge in [0.05, 0.1) is 28.4 Å². The number of esters is 1. The largest absolute Gasteiger partial charge is 0.463 e. The molecule has 4 rings (SSSR count). The first-order valence-corrected chi connectivity index (χ1v) is 11.8. The molecule has 2 heterocycles. The lowest BCUT2D eigenvalue weighted by Gasteiger charge is -2.30. The van der Waals surface area contributed by atoms with Crippen LogP contribution in [0.2, 0.25) is 0 Å². The highest BCUT2D eigenvalue weighted by molar-refractivity contribution is 8.01. The standard InChI is InChI=1S/C23H23N3O3S2/c1-4-29-21(27)19-17(12-30-23-25-16-7-5-6-8-18(16)31-23)24-22(28)26-20(19)15-11-13(2)9-10-14(15)3/h5-11,20H,4,12H2,1-3H3,(H2,24,26,28)/t20-/m1/s1. The number of benzene rings is 2. The van der Waals surface area contributed by atoms with Gasteiger partial charge < -0.3 is 15.4 Å². The second-order valence-electron chi connectivity index (χ2n) is 7.24. The highest BCUT2D eigenvalue weighted by atomic mass is 32.2. The number of hydrogen-bond acceptors (Lipinski definition) is 6. The summed E-state index contributed by atoms with van der Waals surface area (Å²) in [5, 5.41) is 5.74. The SMILES string of the molecule is CCOC(=O)C1=C(CSc2nc3ccccc3s2)NC(=O)N[C@@H]1c1cc(C)ccc1C. The van der Waals surface area contributed by atoms with Gasteiger partial charge in [-0.2, -0.15) is 0 Å². The lowest BCUT2D eigenvalue weighted by Crippen LogP contribution is -2.46. The lowest BCUT2D eigenvalue weighted by molar-refractivity contribution is -0.139. The molecular weight excluding hydrogens is 430 g/mol. The first-order chi connectivity index (χ1) is 15.0. The lowest BCUT2D eigenvalue weighted by atomic mass is 9.91. The Morgan fingerprint density at radius 3 is 2.81 bits per heavy atom. The Hall–Kier alpha value is -2.84. The van der Waals surface area contributed by atoms with Crippen molar-refractivity contribution < 1.29 is 14.3 Å². The number of nitrogens with zero attached hydrogens (tertiary/aromatic N) is 1. The van der Waals surface area contributed by atoms with Crippen LogP contribution < -0.4 is 10.6 Å². The highest BCUT2D eigenvalue weighted by Gasteiger charge is 2.34. The molecule has 6 nitrogen and oxygen atoms in total. The summed E-state index contributed by atoms with van der Waals surface area (Å²) in [7, 11) is 0. The smallest absolute Gasteiger partial charge is 0.338 e. The first-order valence-electron chi connectivity index (χ1n) is 9.99. The van der Waals surface area contributed by atoms with Crippen LogP contribution in [0.4, 0.5) is 4.79 Å². The minimum Gasteiger partial charge on any atom is -0.463 e. The van der Waals surface area contributed by atoms with Gasteiger partial charge in [-0.1, -0.05) is 47.7 Å². The van der Waals surface area contributed by atoms with Crippen LogP contribution in [0.1, 0.15) is 29.7 Å². The van der Waals surface area contributed by atoms with Crippen molar-refractivity contribution in [2.45, 2.75) is 31.2 Å². The van der Waals surface area contributed by atoms with E-state index in [1.54, 1.807) is 18.3 Å². The summed E-state index contributed by atoms with van der Waals surface area (Å²) in [5.74, 6) is -0.0243. The molecule has 0 saturated heterocycles. The van der Waals surface area contributed by atoms with Crippen molar-refractivity contribution in [3.05, 3.63) is 70.4 Å². The molecule has 0 fully saturated rings. The Balaban J connectivity index is 1.71. The van der Waals surface area contributed by atoms with Crippen molar-refractivity contribution in [2.24, 2.45) is 0 Å². The number of carbonyl (C=O) groups excluding carboxylic acids is 2. The molecule has 0 spiro atoms. The molecule has 0 unspecified atom stereocenters. The quantitative estimate of drug-likeness (QED) is 0.411. The Morgan fingerprint density at radius 1 is 1.23 bits per heavy atom. The van der Waals surface area contributed by atoms with Crippen LogP contribution in [0.25, 0.3) is 10.2 Å². The van der Waals surface area contributed by atoms with Gasteiger partial charge in [-0.3, -0.25) is 0 Å². The van der Waals surface area contributed by atoms with E-state index in [9.17, 15) is 9.59 Å². The third-order valence-corrected chi connectivity index (χ3v) is 7.21. The summed E-state index contributed by atoms with van der Waals surface area (Å²) in [6.07, 6.45) is 0. The van der Waals surface area contributed by atoms with E-state index in [4.69, 9.17) is 4.74 Å². The maximum Gasteiger partial charge on any atom is 0.338 e. The second kappa shape index (κ2) is 9.11. The molecular formula is C23H23N3O3S2. The molecule has 2 N–H and O–H groups in total. The number of aromatic nitrogens is 1. The Labute approximate surface area is 189 Å². The monoisotopic (exact) mass is 453 g/mol. The van der Waals surface area contributed by atoms with Crippen LogP contribution in [-0.4, -0.2) is 29.3 Å². The second-order valence-corrected chi connectivity index (χ2v) is 9.49. The van der Waals surface area contributed by atoms with Gasteiger partial charge in [0, 0.05) is 11.4 Å². The number of urea groups is 1. The fourth-order valence-corrected chi connectivity index (χ4v) is 5.57. The van der Waals surface area contributed by atoms with Gasteiger partial charge in [-0.15, -0.1) is 11.3 Å². The summed E-state index contributed by atoms with van der Waals surface area (Å²) in [6.45, 7) is 5.99. The van der Waals surface area contributed by atoms with Crippen molar-refractivity contribution in [3.8, 4) is 0 Å². The number of nitrogens with one attached hydrogen (secondary N) is 2. The van der Waals surface area contributed by atoms with E-state index in [2.05, 4.69) is 15.6 Å². The van der Waals surface area contributed by atoms with E-state index in [1.807, 2.05) is 56.3 Å². The van der Waals surface area contributed by atoms with Crippen LogP contribution in [0.15, 0.2) is 58.1 Å². The average Bonchev–Trinajstić information content (AvgIpc) is 3.16. The predicted octanol–water partition coefficient (Wildman–Crippen LogP) is 4.88. The van der Waals surface area contributed by atoms with Gasteiger partial charge in [-0.05, 0) is 44.0 Å². The maximum absolute atomic E-state index is 13.0. The summed E-state index contributed by atoms with van der Waals surface area (Å²) >= 11 is 3.09. The highest BCUT2D eigenvalue weighted by Crippen LogP contribution is 2.34. The molecule has 1 atom stereocenters. The molecule has 160 valence electrons. The molecule has 31 heavy (non-hydrogen) atoms. The Morgan fingerprint density at radius 2 is 2.03 bits per heavy atom. The van der Waals surface area contributed by atoms with Crippen LogP contribution >= 0.6 is 23.1 Å². The molecule has 0 aliphatic carbocycles. The number of ether oxygens (including phenoxy) is 1. The number of thioether (sulfide) groups is 1. The Kier molecular flexibility index (Phi) is 6.29. The van der Waals surface area contributed by atoms with Gasteiger partial charge in [0.15, 0.2) is 4.34 Å². The van der Waals surface area contributed by atoms with Gasteiger partial charge in [-0.25, -0.2) is 14.6 Å². The molecule has 2 aromatic carbocycles. The third-order valence-electron chi connectivity index (χ3n) is 5.01. The fourth-order valence-electron chi connectivity index (χ4n) is 3.53. The molecule has 0 radical (unpaired) electrons. The topological polar surface area (TPSA) is 80.3 Å². The van der Waals surface area contributed by atoms with Gasteiger partial charge in [0.25, 0.3) is 0 Å². The molecule has 3 aromatic rings. The minimum absolute atomic E-state index is 0.258. The summed E-state index contributed by atoms with van der Waals surface area (Å²) in [5.41, 5.74) is 4.87. The van der Waals surface area contributed by atoms with Crippen LogP contribution in [0.3, 0.4) is 0 Å². The van der Waals surface area contributed by atoms with E-state index in [1.165, 1.54) is 11.8 Å². The maximum atomic E-state index is 13.0. The molecule has 8 heteroatoms. The first kappa shape index (κ1) is 21.4. The summed E-state index contributed by atoms with van der Waals surface area (Å²) in [4.78, 5) is 30.1. The predicted molar refractivity (Wildman–Crippen MR) is 124 cm³/mol. The van der Waals surface area contributed by atoms with E-state index in [0.717, 1.165) is 31.2 Å². The third kappa shape index (κ3) is 4.60. The molecule has 1 aromatic heterocycles. The van der Waals surface area contributed by atoms with Crippen molar-refractivity contribution in [3.63, 3.8) is 0 Å². The molecule has 1 aliphatic rings. The minimum atomic E-state index is -0.571. The van der Waals surface area contributed by atoms with Crippen molar-refractivity contribution in [1.29, 1.82) is 0 Å². The van der Waals surface area contributed by atoms with Crippen LogP contribution in [0, 0.1) is 13.8 Å². The average molecular weight is 454 g/mol. The summed E-state index contributed by atoms with van der Waals surface area (Å²) < 4.78 is 7.34. The van der Waals surface area contributed by atoms with Gasteiger partial charge in [0.1, 0.15) is 0 Å². The van der Waals surface area contributed by atoms with Crippen LogP contribution in [0.5, 0.6) is 0 Å². The zero-order valence-corrected chi connectivity index (χ0v) is 19.2. The van der Waals surface area contributed by atoms with E-state index in [0.29, 0.717) is 17.0 Å². The molecule has 1 aliphatic heterocycles. The van der Waals surface area contributed by atoms with E-state index < -0.39 is 12.0 Å². The Bertz CT molecular complexity index is 1150. The number of amides is 2. The van der Waals surface area contributed by atoms with Crippen molar-refractivity contribution in [2.75, 3.05) is 12.4 Å². The zero-order chi connectivity index (χ0) is 22.0. The van der Waals surface area contributed by atoms with E-state index in [-0.39, 0.29) is 12.6 Å². The zero-order valence-electron chi connectivity index (χ0n) is 17.5. The normalized spacial score (nSPS) is 16.2. The molecule has 2 amide bonds. The number of aryl methyl sites for hydroxylation is 2. The number of rotatable bonds is 6. The van der Waals surface area contributed by atoms with Gasteiger partial charge in [0.2, 0.25) is 0 Å². The number of para-hydroxylation sites is 1.